The van der Waals surface area contributed by atoms with Gasteiger partial charge in [0.15, 0.2) is 0 Å². The number of anilines is 2. The van der Waals surface area contributed by atoms with Crippen LogP contribution in [0.4, 0.5) is 15.8 Å². The Kier molecular flexibility index (Phi) is 7.38. The number of primary amides is 1. The number of halogens is 1. The van der Waals surface area contributed by atoms with Crippen LogP contribution in [-0.2, 0) is 19.1 Å². The zero-order valence-corrected chi connectivity index (χ0v) is 17.1. The number of rotatable bonds is 9. The Morgan fingerprint density at radius 1 is 1.43 bits per heavy atom. The molecule has 1 radical (unpaired) electrons. The Morgan fingerprint density at radius 3 is 2.80 bits per heavy atom. The third-order valence-electron chi connectivity index (χ3n) is 5.59. The summed E-state index contributed by atoms with van der Waals surface area (Å²) in [4.78, 5) is 39.0. The number of carbonyl (C=O) groups is 3. The molecule has 1 atom stereocenters. The van der Waals surface area contributed by atoms with Gasteiger partial charge in [-0.2, -0.15) is 0 Å². The van der Waals surface area contributed by atoms with E-state index in [0.717, 1.165) is 19.3 Å². The molecule has 1 aliphatic heterocycles. The second kappa shape index (κ2) is 9.99. The van der Waals surface area contributed by atoms with Crippen molar-refractivity contribution >= 4 is 29.1 Å². The molecular formula is C21H28FN4O4. The summed E-state index contributed by atoms with van der Waals surface area (Å²) in [6.45, 7) is 3.23. The first kappa shape index (κ1) is 22.2. The summed E-state index contributed by atoms with van der Waals surface area (Å²) in [5.41, 5.74) is 5.84. The van der Waals surface area contributed by atoms with Gasteiger partial charge in [-0.05, 0) is 31.0 Å². The van der Waals surface area contributed by atoms with Crippen LogP contribution in [0.15, 0.2) is 18.2 Å². The zero-order valence-electron chi connectivity index (χ0n) is 17.1. The number of hydrogen-bond acceptors (Lipinski definition) is 5. The van der Waals surface area contributed by atoms with E-state index in [2.05, 4.69) is 10.2 Å². The monoisotopic (exact) mass is 419 g/mol. The average Bonchev–Trinajstić information content (AvgIpc) is 2.65. The zero-order chi connectivity index (χ0) is 21.7. The molecule has 30 heavy (non-hydrogen) atoms. The van der Waals surface area contributed by atoms with Gasteiger partial charge in [0.05, 0.1) is 18.7 Å². The van der Waals surface area contributed by atoms with Gasteiger partial charge in [-0.3, -0.25) is 19.3 Å². The van der Waals surface area contributed by atoms with Crippen LogP contribution in [-0.4, -0.2) is 61.5 Å². The SMILES string of the molecule is C[C@@H](CN(C[CH]C(=O)Nc1ccc(N2CCOCC2=O)c(F)c1)C1CCC1)C(N)=O. The number of carbonyl (C=O) groups excluding carboxylic acids is 3. The lowest BCUT2D eigenvalue weighted by Gasteiger charge is -2.38. The topological polar surface area (TPSA) is 105 Å². The lowest BCUT2D eigenvalue weighted by Crippen LogP contribution is -2.45. The van der Waals surface area contributed by atoms with Crippen LogP contribution in [0.5, 0.6) is 0 Å². The van der Waals surface area contributed by atoms with Gasteiger partial charge in [-0.15, -0.1) is 0 Å². The molecule has 1 saturated heterocycles. The normalized spacial score (nSPS) is 18.2. The number of hydrogen-bond donors (Lipinski definition) is 2. The summed E-state index contributed by atoms with van der Waals surface area (Å²) in [5.74, 6) is -1.91. The highest BCUT2D eigenvalue weighted by molar-refractivity contribution is 5.98. The van der Waals surface area contributed by atoms with Crippen molar-refractivity contribution in [2.45, 2.75) is 32.2 Å². The second-order valence-corrected chi connectivity index (χ2v) is 7.80. The molecule has 9 heteroatoms. The van der Waals surface area contributed by atoms with Crippen molar-refractivity contribution < 1.29 is 23.5 Å². The van der Waals surface area contributed by atoms with Gasteiger partial charge in [-0.1, -0.05) is 13.3 Å². The fraction of sp³-hybridized carbons (Fsp3) is 0.524. The highest BCUT2D eigenvalue weighted by Crippen LogP contribution is 2.26. The van der Waals surface area contributed by atoms with E-state index in [1.807, 2.05) is 0 Å². The van der Waals surface area contributed by atoms with Gasteiger partial charge in [0.1, 0.15) is 12.4 Å². The van der Waals surface area contributed by atoms with Crippen LogP contribution >= 0.6 is 0 Å². The highest BCUT2D eigenvalue weighted by Gasteiger charge is 2.28. The van der Waals surface area contributed by atoms with Crippen molar-refractivity contribution in [1.82, 2.24) is 4.90 Å². The number of nitrogens with zero attached hydrogens (tertiary/aromatic N) is 2. The largest absolute Gasteiger partial charge is 0.370 e. The molecule has 0 bridgehead atoms. The van der Waals surface area contributed by atoms with E-state index in [-0.39, 0.29) is 42.5 Å². The minimum atomic E-state index is -0.588. The Bertz CT molecular complexity index is 799. The maximum absolute atomic E-state index is 14.5. The molecule has 1 heterocycles. The molecule has 3 rings (SSSR count). The lowest BCUT2D eigenvalue weighted by molar-refractivity contribution is -0.126. The first-order valence-corrected chi connectivity index (χ1v) is 10.2. The van der Waals surface area contributed by atoms with Crippen molar-refractivity contribution in [3.8, 4) is 0 Å². The first-order chi connectivity index (χ1) is 14.3. The summed E-state index contributed by atoms with van der Waals surface area (Å²) < 4.78 is 19.6. The first-order valence-electron chi connectivity index (χ1n) is 10.2. The molecule has 1 aliphatic carbocycles. The van der Waals surface area contributed by atoms with Crippen LogP contribution in [0, 0.1) is 18.2 Å². The number of benzene rings is 1. The predicted molar refractivity (Wildman–Crippen MR) is 110 cm³/mol. The van der Waals surface area contributed by atoms with E-state index in [0.29, 0.717) is 31.4 Å². The molecule has 3 N–H and O–H groups in total. The van der Waals surface area contributed by atoms with Crippen LogP contribution in [0.3, 0.4) is 0 Å². The molecule has 8 nitrogen and oxygen atoms in total. The molecule has 1 aromatic carbocycles. The Labute approximate surface area is 175 Å². The van der Waals surface area contributed by atoms with Crippen LogP contribution < -0.4 is 16.0 Å². The predicted octanol–water partition coefficient (Wildman–Crippen LogP) is 1.31. The number of amides is 3. The van der Waals surface area contributed by atoms with Gasteiger partial charge in [0, 0.05) is 37.3 Å². The number of morpholine rings is 1. The van der Waals surface area contributed by atoms with Gasteiger partial charge in [0.25, 0.3) is 5.91 Å². The molecule has 3 amide bonds. The van der Waals surface area contributed by atoms with Crippen molar-refractivity contribution in [2.24, 2.45) is 11.7 Å². The molecule has 0 aromatic heterocycles. The lowest BCUT2D eigenvalue weighted by atomic mass is 9.90. The highest BCUT2D eigenvalue weighted by atomic mass is 19.1. The quantitative estimate of drug-likeness (QED) is 0.628. The number of ether oxygens (including phenoxy) is 1. The van der Waals surface area contributed by atoms with Gasteiger partial charge >= 0.3 is 0 Å². The molecular weight excluding hydrogens is 391 g/mol. The minimum Gasteiger partial charge on any atom is -0.370 e. The fourth-order valence-corrected chi connectivity index (χ4v) is 3.54. The molecule has 0 spiro atoms. The minimum absolute atomic E-state index is 0.0707. The van der Waals surface area contributed by atoms with Crippen molar-refractivity contribution in [1.29, 1.82) is 0 Å². The molecule has 0 unspecified atom stereocenters. The smallest absolute Gasteiger partial charge is 0.253 e. The summed E-state index contributed by atoms with van der Waals surface area (Å²) in [5, 5.41) is 2.65. The standard InChI is InChI=1S/C21H28FN4O4/c1-14(21(23)29)12-25(16-3-2-4-16)8-7-19(27)24-15-5-6-18(17(22)11-15)26-9-10-30-13-20(26)28/h5-7,11,14,16H,2-4,8-10,12-13H2,1H3,(H2,23,29)(H,24,27)/t14-/m0/s1. The number of nitrogens with one attached hydrogen (secondary N) is 1. The van der Waals surface area contributed by atoms with E-state index < -0.39 is 5.82 Å². The third kappa shape index (κ3) is 5.54. The maximum atomic E-state index is 14.5. The van der Waals surface area contributed by atoms with E-state index in [9.17, 15) is 18.8 Å². The molecule has 163 valence electrons. The Morgan fingerprint density at radius 2 is 2.20 bits per heavy atom. The van der Waals surface area contributed by atoms with Gasteiger partial charge in [0.2, 0.25) is 11.8 Å². The van der Waals surface area contributed by atoms with Crippen LogP contribution in [0.2, 0.25) is 0 Å². The van der Waals surface area contributed by atoms with Crippen LogP contribution in [0.1, 0.15) is 26.2 Å². The number of nitrogens with two attached hydrogens (primary N) is 1. The molecule has 2 aliphatic rings. The molecule has 1 saturated carbocycles. The van der Waals surface area contributed by atoms with E-state index >= 15 is 0 Å². The van der Waals surface area contributed by atoms with E-state index in [4.69, 9.17) is 10.5 Å². The summed E-state index contributed by atoms with van der Waals surface area (Å²) in [6, 6.07) is 4.58. The fourth-order valence-electron chi connectivity index (χ4n) is 3.54. The van der Waals surface area contributed by atoms with Crippen molar-refractivity contribution in [2.75, 3.05) is 43.1 Å². The third-order valence-corrected chi connectivity index (χ3v) is 5.59. The van der Waals surface area contributed by atoms with Gasteiger partial charge < -0.3 is 20.7 Å². The Hall–Kier alpha value is -2.52. The molecule has 1 aromatic rings. The summed E-state index contributed by atoms with van der Waals surface area (Å²) in [6.07, 6.45) is 4.70. The molecule has 2 fully saturated rings. The summed E-state index contributed by atoms with van der Waals surface area (Å²) in [7, 11) is 0. The summed E-state index contributed by atoms with van der Waals surface area (Å²) >= 11 is 0. The van der Waals surface area contributed by atoms with Crippen molar-refractivity contribution in [3.05, 3.63) is 30.4 Å². The van der Waals surface area contributed by atoms with Crippen LogP contribution in [0.25, 0.3) is 0 Å². The van der Waals surface area contributed by atoms with E-state index in [1.165, 1.54) is 23.5 Å². The van der Waals surface area contributed by atoms with Gasteiger partial charge in [-0.25, -0.2) is 4.39 Å². The maximum Gasteiger partial charge on any atom is 0.253 e. The van der Waals surface area contributed by atoms with Crippen molar-refractivity contribution in [3.63, 3.8) is 0 Å². The average molecular weight is 419 g/mol. The Balaban J connectivity index is 1.55. The van der Waals surface area contributed by atoms with E-state index in [1.54, 1.807) is 13.0 Å². The second-order valence-electron chi connectivity index (χ2n) is 7.80.